The Morgan fingerprint density at radius 2 is 1.78 bits per heavy atom. The Bertz CT molecular complexity index is 1140. The lowest BCUT2D eigenvalue weighted by Crippen LogP contribution is -2.41. The Kier molecular flexibility index (Phi) is 6.35. The van der Waals surface area contributed by atoms with Gasteiger partial charge in [0.1, 0.15) is 0 Å². The van der Waals surface area contributed by atoms with Crippen molar-refractivity contribution in [2.75, 3.05) is 29.9 Å². The largest absolute Gasteiger partial charge is 0.326 e. The number of sulfonamides is 1. The van der Waals surface area contributed by atoms with Gasteiger partial charge in [0.25, 0.3) is 0 Å². The smallest absolute Gasteiger partial charge is 0.243 e. The van der Waals surface area contributed by atoms with Crippen LogP contribution in [0.3, 0.4) is 0 Å². The van der Waals surface area contributed by atoms with Gasteiger partial charge < -0.3 is 10.2 Å². The topological polar surface area (TPSA) is 86.8 Å². The lowest BCUT2D eigenvalue weighted by atomic mass is 9.97. The zero-order valence-electron chi connectivity index (χ0n) is 18.5. The molecule has 0 aromatic heterocycles. The monoisotopic (exact) mass is 455 g/mol. The third kappa shape index (κ3) is 4.56. The summed E-state index contributed by atoms with van der Waals surface area (Å²) in [6.45, 7) is 4.78. The molecule has 2 amide bonds. The van der Waals surface area contributed by atoms with Gasteiger partial charge in [0, 0.05) is 43.9 Å². The van der Waals surface area contributed by atoms with Crippen molar-refractivity contribution in [3.05, 3.63) is 53.6 Å². The van der Waals surface area contributed by atoms with E-state index in [2.05, 4.69) is 5.32 Å². The number of nitrogens with zero attached hydrogens (tertiary/aromatic N) is 2. The maximum absolute atomic E-state index is 13.2. The Morgan fingerprint density at radius 3 is 2.47 bits per heavy atom. The zero-order valence-corrected chi connectivity index (χ0v) is 19.3. The highest BCUT2D eigenvalue weighted by atomic mass is 32.2. The molecule has 0 aliphatic carbocycles. The Morgan fingerprint density at radius 1 is 1.03 bits per heavy atom. The summed E-state index contributed by atoms with van der Waals surface area (Å²) in [4.78, 5) is 26.5. The van der Waals surface area contributed by atoms with E-state index in [0.717, 1.165) is 35.3 Å². The summed E-state index contributed by atoms with van der Waals surface area (Å²) in [5.41, 5.74) is 3.52. The first kappa shape index (κ1) is 22.5. The lowest BCUT2D eigenvalue weighted by molar-refractivity contribution is -0.121. The number of carbonyl (C=O) groups is 2. The van der Waals surface area contributed by atoms with E-state index in [1.165, 1.54) is 11.2 Å². The lowest BCUT2D eigenvalue weighted by Gasteiger charge is -2.32. The fraction of sp³-hybridized carbons (Fsp3) is 0.417. The molecule has 0 saturated carbocycles. The minimum absolute atomic E-state index is 0.0347. The minimum atomic E-state index is -3.65. The van der Waals surface area contributed by atoms with E-state index >= 15 is 0 Å². The molecule has 0 atom stereocenters. The summed E-state index contributed by atoms with van der Waals surface area (Å²) in [5, 5.41) is 2.95. The average molecular weight is 456 g/mol. The zero-order chi connectivity index (χ0) is 22.9. The molecule has 8 heteroatoms. The molecule has 7 nitrogen and oxygen atoms in total. The van der Waals surface area contributed by atoms with E-state index in [4.69, 9.17) is 0 Å². The van der Waals surface area contributed by atoms with Crippen molar-refractivity contribution in [2.45, 2.75) is 44.4 Å². The van der Waals surface area contributed by atoms with Crippen molar-refractivity contribution in [3.63, 3.8) is 0 Å². The average Bonchev–Trinajstić information content (AvgIpc) is 2.78. The fourth-order valence-corrected chi connectivity index (χ4v) is 6.06. The number of carbonyl (C=O) groups excluding carboxylic acids is 2. The Labute approximate surface area is 189 Å². The standard InChI is InChI=1S/C24H29N3O4S/c1-17-5-3-7-21(15-17)25-24(29)19-10-13-26(14-11-19)32(30,31)22-8-9-23-20(16-22)6-4-12-27(23)18(2)28/h3,5,7-9,15-16,19H,4,6,10-14H2,1-2H3,(H,25,29). The second kappa shape index (κ2) is 9.03. The maximum atomic E-state index is 13.2. The van der Waals surface area contributed by atoms with E-state index in [9.17, 15) is 18.0 Å². The van der Waals surface area contributed by atoms with Crippen LogP contribution in [0.25, 0.3) is 0 Å². The number of aryl methyl sites for hydroxylation is 2. The molecule has 2 aromatic rings. The number of amides is 2. The summed E-state index contributed by atoms with van der Waals surface area (Å²) < 4.78 is 27.9. The molecule has 32 heavy (non-hydrogen) atoms. The van der Waals surface area contributed by atoms with Crippen LogP contribution in [-0.4, -0.2) is 44.2 Å². The molecule has 0 radical (unpaired) electrons. The molecule has 1 fully saturated rings. The van der Waals surface area contributed by atoms with Gasteiger partial charge >= 0.3 is 0 Å². The summed E-state index contributed by atoms with van der Waals surface area (Å²) >= 11 is 0. The van der Waals surface area contributed by atoms with E-state index in [1.54, 1.807) is 23.1 Å². The number of rotatable bonds is 4. The SMILES string of the molecule is CC(=O)N1CCCc2cc(S(=O)(=O)N3CCC(C(=O)Nc4cccc(C)c4)CC3)ccc21. The maximum Gasteiger partial charge on any atom is 0.243 e. The number of benzene rings is 2. The number of hydrogen-bond donors (Lipinski definition) is 1. The van der Waals surface area contributed by atoms with Gasteiger partial charge in [0.2, 0.25) is 21.8 Å². The number of piperidine rings is 1. The fourth-order valence-electron chi connectivity index (χ4n) is 4.54. The van der Waals surface area contributed by atoms with Crippen molar-refractivity contribution >= 4 is 33.2 Å². The number of hydrogen-bond acceptors (Lipinski definition) is 4. The summed E-state index contributed by atoms with van der Waals surface area (Å²) in [7, 11) is -3.65. The summed E-state index contributed by atoms with van der Waals surface area (Å²) in [6, 6.07) is 12.7. The molecule has 0 spiro atoms. The van der Waals surface area contributed by atoms with Crippen molar-refractivity contribution in [1.82, 2.24) is 4.31 Å². The van der Waals surface area contributed by atoms with Crippen LogP contribution in [0.4, 0.5) is 11.4 Å². The predicted molar refractivity (Wildman–Crippen MR) is 124 cm³/mol. The molecule has 2 heterocycles. The minimum Gasteiger partial charge on any atom is -0.326 e. The van der Waals surface area contributed by atoms with Crippen LogP contribution in [-0.2, 0) is 26.0 Å². The molecule has 0 bridgehead atoms. The van der Waals surface area contributed by atoms with Gasteiger partial charge in [-0.2, -0.15) is 4.31 Å². The van der Waals surface area contributed by atoms with Gasteiger partial charge in [-0.25, -0.2) is 8.42 Å². The summed E-state index contributed by atoms with van der Waals surface area (Å²) in [5.74, 6) is -0.312. The van der Waals surface area contributed by atoms with Crippen LogP contribution >= 0.6 is 0 Å². The molecule has 1 saturated heterocycles. The van der Waals surface area contributed by atoms with Gasteiger partial charge in [-0.15, -0.1) is 0 Å². The molecule has 170 valence electrons. The molecule has 2 aliphatic rings. The Hall–Kier alpha value is -2.71. The second-order valence-corrected chi connectivity index (χ2v) is 10.5. The van der Waals surface area contributed by atoms with Crippen LogP contribution < -0.4 is 10.2 Å². The highest BCUT2D eigenvalue weighted by molar-refractivity contribution is 7.89. The molecule has 4 rings (SSSR count). The number of nitrogens with one attached hydrogen (secondary N) is 1. The molecule has 0 unspecified atom stereocenters. The second-order valence-electron chi connectivity index (χ2n) is 8.60. The van der Waals surface area contributed by atoms with Gasteiger partial charge in [0.15, 0.2) is 0 Å². The molecule has 2 aliphatic heterocycles. The van der Waals surface area contributed by atoms with Crippen LogP contribution in [0, 0.1) is 12.8 Å². The van der Waals surface area contributed by atoms with Gasteiger partial charge in [-0.05, 0) is 74.1 Å². The van der Waals surface area contributed by atoms with Crippen molar-refractivity contribution in [2.24, 2.45) is 5.92 Å². The molecular formula is C24H29N3O4S. The van der Waals surface area contributed by atoms with Crippen molar-refractivity contribution < 1.29 is 18.0 Å². The third-order valence-corrected chi connectivity index (χ3v) is 8.19. The van der Waals surface area contributed by atoms with Gasteiger partial charge in [-0.1, -0.05) is 12.1 Å². The first-order chi connectivity index (χ1) is 15.3. The highest BCUT2D eigenvalue weighted by Crippen LogP contribution is 2.32. The van der Waals surface area contributed by atoms with Crippen LogP contribution in [0.2, 0.25) is 0 Å². The normalized spacial score (nSPS) is 17.6. The summed E-state index contributed by atoms with van der Waals surface area (Å²) in [6.07, 6.45) is 2.54. The van der Waals surface area contributed by atoms with Crippen molar-refractivity contribution in [3.8, 4) is 0 Å². The van der Waals surface area contributed by atoms with E-state index < -0.39 is 10.0 Å². The van der Waals surface area contributed by atoms with Crippen LogP contribution in [0.5, 0.6) is 0 Å². The molecular weight excluding hydrogens is 426 g/mol. The quantitative estimate of drug-likeness (QED) is 0.766. The van der Waals surface area contributed by atoms with E-state index in [0.29, 0.717) is 32.5 Å². The third-order valence-electron chi connectivity index (χ3n) is 6.30. The predicted octanol–water partition coefficient (Wildman–Crippen LogP) is 3.33. The van der Waals surface area contributed by atoms with E-state index in [-0.39, 0.29) is 22.6 Å². The first-order valence-electron chi connectivity index (χ1n) is 11.0. The molecule has 1 N–H and O–H groups in total. The highest BCUT2D eigenvalue weighted by Gasteiger charge is 2.33. The van der Waals surface area contributed by atoms with Crippen molar-refractivity contribution in [1.29, 1.82) is 0 Å². The number of fused-ring (bicyclic) bond motifs is 1. The van der Waals surface area contributed by atoms with Gasteiger partial charge in [-0.3, -0.25) is 9.59 Å². The molecule has 2 aromatic carbocycles. The van der Waals surface area contributed by atoms with Crippen LogP contribution in [0.15, 0.2) is 47.4 Å². The van der Waals surface area contributed by atoms with Gasteiger partial charge in [0.05, 0.1) is 4.90 Å². The van der Waals surface area contributed by atoms with Crippen LogP contribution in [0.1, 0.15) is 37.3 Å². The first-order valence-corrected chi connectivity index (χ1v) is 12.5. The Balaban J connectivity index is 1.43. The number of anilines is 2. The van der Waals surface area contributed by atoms with E-state index in [1.807, 2.05) is 31.2 Å².